The SMILES string of the molecule is CCOCCOCCCS(=O)(=O)c1cccc(C2CN(CC)Cc3c(Cl)cc(Cl)cc32)c1. The van der Waals surface area contributed by atoms with Gasteiger partial charge in [0.05, 0.1) is 23.9 Å². The summed E-state index contributed by atoms with van der Waals surface area (Å²) in [6.07, 6.45) is 0.444. The molecule has 2 aromatic rings. The normalized spacial score (nSPS) is 16.8. The molecule has 1 aliphatic heterocycles. The number of benzene rings is 2. The summed E-state index contributed by atoms with van der Waals surface area (Å²) in [6.45, 7) is 8.52. The Hall–Kier alpha value is -1.15. The topological polar surface area (TPSA) is 55.8 Å². The maximum atomic E-state index is 12.9. The van der Waals surface area contributed by atoms with Crippen molar-refractivity contribution >= 4 is 33.0 Å². The monoisotopic (exact) mass is 499 g/mol. The van der Waals surface area contributed by atoms with Crippen LogP contribution in [0.5, 0.6) is 0 Å². The summed E-state index contributed by atoms with van der Waals surface area (Å²) in [5.74, 6) is 0.0531. The summed E-state index contributed by atoms with van der Waals surface area (Å²) in [6, 6.07) is 11.0. The van der Waals surface area contributed by atoms with Gasteiger partial charge in [0.25, 0.3) is 0 Å². The average molecular weight is 500 g/mol. The van der Waals surface area contributed by atoms with E-state index in [0.717, 1.165) is 36.3 Å². The minimum absolute atomic E-state index is 0.00643. The van der Waals surface area contributed by atoms with E-state index in [1.807, 2.05) is 25.1 Å². The number of rotatable bonds is 11. The molecule has 1 atom stereocenters. The highest BCUT2D eigenvalue weighted by molar-refractivity contribution is 7.91. The van der Waals surface area contributed by atoms with Crippen molar-refractivity contribution in [1.82, 2.24) is 4.90 Å². The van der Waals surface area contributed by atoms with E-state index >= 15 is 0 Å². The van der Waals surface area contributed by atoms with Crippen LogP contribution in [0.2, 0.25) is 10.0 Å². The van der Waals surface area contributed by atoms with Crippen LogP contribution in [0.15, 0.2) is 41.3 Å². The third-order valence-corrected chi connectivity index (χ3v) is 8.09. The van der Waals surface area contributed by atoms with Crippen LogP contribution >= 0.6 is 23.2 Å². The second-order valence-electron chi connectivity index (χ2n) is 7.89. The van der Waals surface area contributed by atoms with Gasteiger partial charge in [0.2, 0.25) is 0 Å². The zero-order valence-electron chi connectivity index (χ0n) is 18.6. The first-order chi connectivity index (χ1) is 15.4. The minimum atomic E-state index is -3.41. The van der Waals surface area contributed by atoms with Crippen molar-refractivity contribution in [1.29, 1.82) is 0 Å². The number of halogens is 2. The molecule has 0 N–H and O–H groups in total. The molecule has 0 spiro atoms. The molecule has 176 valence electrons. The molecule has 0 fully saturated rings. The molecule has 0 bridgehead atoms. The Morgan fingerprint density at radius 2 is 1.84 bits per heavy atom. The van der Waals surface area contributed by atoms with Crippen molar-refractivity contribution in [3.8, 4) is 0 Å². The first-order valence-electron chi connectivity index (χ1n) is 11.0. The molecule has 5 nitrogen and oxygen atoms in total. The molecule has 0 aliphatic carbocycles. The third-order valence-electron chi connectivity index (χ3n) is 5.74. The number of sulfone groups is 1. The molecule has 0 amide bonds. The van der Waals surface area contributed by atoms with Crippen molar-refractivity contribution < 1.29 is 17.9 Å². The average Bonchev–Trinajstić information content (AvgIpc) is 2.78. The zero-order valence-corrected chi connectivity index (χ0v) is 21.0. The van der Waals surface area contributed by atoms with E-state index in [-0.39, 0.29) is 11.7 Å². The minimum Gasteiger partial charge on any atom is -0.379 e. The van der Waals surface area contributed by atoms with Crippen LogP contribution in [-0.4, -0.2) is 58.6 Å². The number of likely N-dealkylation sites (N-methyl/N-ethyl adjacent to an activating group) is 1. The Kier molecular flexibility index (Phi) is 9.41. The molecule has 3 rings (SSSR count). The molecule has 1 unspecified atom stereocenters. The van der Waals surface area contributed by atoms with Crippen LogP contribution in [0.4, 0.5) is 0 Å². The second kappa shape index (κ2) is 11.8. The number of hydrogen-bond donors (Lipinski definition) is 0. The van der Waals surface area contributed by atoms with Crippen molar-refractivity contribution in [3.05, 3.63) is 63.1 Å². The standard InChI is InChI=1S/C24H31Cl2NO4S/c1-3-27-16-22(21-14-19(25)15-24(26)23(21)17-27)18-7-5-8-20(13-18)32(28,29)12-6-9-31-11-10-30-4-2/h5,7-8,13-15,22H,3-4,6,9-12,16-17H2,1-2H3. The van der Waals surface area contributed by atoms with Gasteiger partial charge in [-0.3, -0.25) is 4.90 Å². The fourth-order valence-electron chi connectivity index (χ4n) is 4.03. The predicted octanol–water partition coefficient (Wildman–Crippen LogP) is 5.18. The number of fused-ring (bicyclic) bond motifs is 1. The van der Waals surface area contributed by atoms with E-state index in [1.165, 1.54) is 0 Å². The quantitative estimate of drug-likeness (QED) is 0.398. The van der Waals surface area contributed by atoms with Gasteiger partial charge in [-0.2, -0.15) is 0 Å². The van der Waals surface area contributed by atoms with Gasteiger partial charge in [0, 0.05) is 42.3 Å². The molecule has 1 heterocycles. The molecule has 32 heavy (non-hydrogen) atoms. The van der Waals surface area contributed by atoms with Crippen molar-refractivity contribution in [3.63, 3.8) is 0 Å². The van der Waals surface area contributed by atoms with Gasteiger partial charge in [0.15, 0.2) is 9.84 Å². The molecular weight excluding hydrogens is 469 g/mol. The highest BCUT2D eigenvalue weighted by Crippen LogP contribution is 2.39. The highest BCUT2D eigenvalue weighted by atomic mass is 35.5. The Bertz CT molecular complexity index is 1010. The van der Waals surface area contributed by atoms with Gasteiger partial charge in [-0.25, -0.2) is 8.42 Å². The van der Waals surface area contributed by atoms with Crippen LogP contribution in [0.25, 0.3) is 0 Å². The molecule has 0 radical (unpaired) electrons. The highest BCUT2D eigenvalue weighted by Gasteiger charge is 2.29. The van der Waals surface area contributed by atoms with Crippen molar-refractivity contribution in [2.75, 3.05) is 45.3 Å². The molecule has 2 aromatic carbocycles. The lowest BCUT2D eigenvalue weighted by atomic mass is 9.84. The van der Waals surface area contributed by atoms with E-state index < -0.39 is 9.84 Å². The van der Waals surface area contributed by atoms with Crippen LogP contribution < -0.4 is 0 Å². The van der Waals surface area contributed by atoms with E-state index in [9.17, 15) is 8.42 Å². The van der Waals surface area contributed by atoms with E-state index in [1.54, 1.807) is 18.2 Å². The number of hydrogen-bond acceptors (Lipinski definition) is 5. The third kappa shape index (κ3) is 6.46. The summed E-state index contributed by atoms with van der Waals surface area (Å²) in [5, 5.41) is 1.25. The summed E-state index contributed by atoms with van der Waals surface area (Å²) < 4.78 is 36.6. The molecular formula is C24H31Cl2NO4S. The van der Waals surface area contributed by atoms with Gasteiger partial charge < -0.3 is 9.47 Å². The summed E-state index contributed by atoms with van der Waals surface area (Å²) in [5.41, 5.74) is 3.09. The van der Waals surface area contributed by atoms with Crippen LogP contribution in [0, 0.1) is 0 Å². The van der Waals surface area contributed by atoms with Gasteiger partial charge in [-0.05, 0) is 60.8 Å². The van der Waals surface area contributed by atoms with E-state index in [2.05, 4.69) is 11.8 Å². The fourth-order valence-corrected chi connectivity index (χ4v) is 5.93. The predicted molar refractivity (Wildman–Crippen MR) is 130 cm³/mol. The lowest BCUT2D eigenvalue weighted by molar-refractivity contribution is 0.0533. The van der Waals surface area contributed by atoms with Gasteiger partial charge >= 0.3 is 0 Å². The maximum absolute atomic E-state index is 12.9. The number of ether oxygens (including phenoxy) is 2. The van der Waals surface area contributed by atoms with Crippen molar-refractivity contribution in [2.45, 2.75) is 37.6 Å². The second-order valence-corrected chi connectivity index (χ2v) is 10.8. The largest absolute Gasteiger partial charge is 0.379 e. The first kappa shape index (κ1) is 25.5. The number of nitrogens with zero attached hydrogens (tertiary/aromatic N) is 1. The lowest BCUT2D eigenvalue weighted by Crippen LogP contribution is -2.34. The molecule has 0 aromatic heterocycles. The van der Waals surface area contributed by atoms with E-state index in [0.29, 0.717) is 47.8 Å². The van der Waals surface area contributed by atoms with Gasteiger partial charge in [0.1, 0.15) is 0 Å². The Labute approximate surface area is 201 Å². The van der Waals surface area contributed by atoms with E-state index in [4.69, 9.17) is 32.7 Å². The van der Waals surface area contributed by atoms with Gasteiger partial charge in [-0.1, -0.05) is 42.3 Å². The van der Waals surface area contributed by atoms with Gasteiger partial charge in [-0.15, -0.1) is 0 Å². The van der Waals surface area contributed by atoms with Crippen LogP contribution in [0.3, 0.4) is 0 Å². The Morgan fingerprint density at radius 1 is 1.06 bits per heavy atom. The molecule has 0 saturated heterocycles. The van der Waals surface area contributed by atoms with Crippen LogP contribution in [-0.2, 0) is 25.9 Å². The zero-order chi connectivity index (χ0) is 23.1. The molecule has 0 saturated carbocycles. The molecule has 1 aliphatic rings. The summed E-state index contributed by atoms with van der Waals surface area (Å²) in [4.78, 5) is 2.65. The Morgan fingerprint density at radius 3 is 2.59 bits per heavy atom. The fraction of sp³-hybridized carbons (Fsp3) is 0.500. The lowest BCUT2D eigenvalue weighted by Gasteiger charge is -2.35. The van der Waals surface area contributed by atoms with Crippen molar-refractivity contribution in [2.24, 2.45) is 0 Å². The maximum Gasteiger partial charge on any atom is 0.178 e. The summed E-state index contributed by atoms with van der Waals surface area (Å²) >= 11 is 12.8. The first-order valence-corrected chi connectivity index (χ1v) is 13.4. The molecule has 8 heteroatoms. The smallest absolute Gasteiger partial charge is 0.178 e. The van der Waals surface area contributed by atoms with Crippen LogP contribution in [0.1, 0.15) is 42.9 Å². The summed E-state index contributed by atoms with van der Waals surface area (Å²) in [7, 11) is -3.41. The Balaban J connectivity index is 1.77.